The van der Waals surface area contributed by atoms with Crippen molar-refractivity contribution in [1.29, 1.82) is 0 Å². The Balaban J connectivity index is 1.65. The van der Waals surface area contributed by atoms with Crippen molar-refractivity contribution >= 4 is 28.9 Å². The van der Waals surface area contributed by atoms with E-state index < -0.39 is 6.04 Å². The Kier molecular flexibility index (Phi) is 5.11. The normalized spacial score (nSPS) is 13.7. The first-order chi connectivity index (χ1) is 12.5. The van der Waals surface area contributed by atoms with E-state index in [1.807, 2.05) is 43.3 Å². The number of anilines is 3. The van der Waals surface area contributed by atoms with Gasteiger partial charge in [0.15, 0.2) is 0 Å². The molecule has 1 aliphatic rings. The molecular weight excluding hydrogens is 330 g/mol. The SMILES string of the molecule is COc1cccc(NC(=O)[C@H](C)Nc2ccc3c(c2)CCN3C(C)=O)c1. The molecule has 26 heavy (non-hydrogen) atoms. The van der Waals surface area contributed by atoms with E-state index >= 15 is 0 Å². The molecule has 1 heterocycles. The summed E-state index contributed by atoms with van der Waals surface area (Å²) < 4.78 is 5.17. The van der Waals surface area contributed by atoms with E-state index in [4.69, 9.17) is 4.74 Å². The van der Waals surface area contributed by atoms with Gasteiger partial charge in [-0.05, 0) is 49.2 Å². The predicted octanol–water partition coefficient (Wildman–Crippen LogP) is 3.04. The van der Waals surface area contributed by atoms with Crippen LogP contribution < -0.4 is 20.3 Å². The van der Waals surface area contributed by atoms with Gasteiger partial charge in [0.1, 0.15) is 11.8 Å². The van der Waals surface area contributed by atoms with Crippen LogP contribution in [0.25, 0.3) is 0 Å². The molecule has 3 rings (SSSR count). The molecule has 2 aromatic carbocycles. The van der Waals surface area contributed by atoms with Gasteiger partial charge in [-0.1, -0.05) is 6.07 Å². The number of fused-ring (bicyclic) bond motifs is 1. The topological polar surface area (TPSA) is 70.7 Å². The monoisotopic (exact) mass is 353 g/mol. The van der Waals surface area contributed by atoms with E-state index in [1.165, 1.54) is 0 Å². The van der Waals surface area contributed by atoms with Gasteiger partial charge in [-0.25, -0.2) is 0 Å². The third-order valence-corrected chi connectivity index (χ3v) is 4.47. The van der Waals surface area contributed by atoms with E-state index in [0.29, 0.717) is 18.0 Å². The van der Waals surface area contributed by atoms with Crippen molar-refractivity contribution < 1.29 is 14.3 Å². The number of rotatable bonds is 5. The lowest BCUT2D eigenvalue weighted by Gasteiger charge is -2.18. The average Bonchev–Trinajstić information content (AvgIpc) is 3.05. The Morgan fingerprint density at radius 2 is 1.96 bits per heavy atom. The largest absolute Gasteiger partial charge is 0.497 e. The fourth-order valence-electron chi connectivity index (χ4n) is 3.09. The summed E-state index contributed by atoms with van der Waals surface area (Å²) in [6.45, 7) is 4.09. The molecule has 136 valence electrons. The fourth-order valence-corrected chi connectivity index (χ4v) is 3.09. The van der Waals surface area contributed by atoms with Crippen LogP contribution in [-0.2, 0) is 16.0 Å². The van der Waals surface area contributed by atoms with Gasteiger partial charge in [0.05, 0.1) is 7.11 Å². The Morgan fingerprint density at radius 1 is 1.15 bits per heavy atom. The van der Waals surface area contributed by atoms with Crippen LogP contribution in [0.15, 0.2) is 42.5 Å². The third kappa shape index (κ3) is 3.79. The molecule has 1 atom stereocenters. The van der Waals surface area contributed by atoms with E-state index in [9.17, 15) is 9.59 Å². The van der Waals surface area contributed by atoms with Gasteiger partial charge in [0, 0.05) is 36.6 Å². The second-order valence-corrected chi connectivity index (χ2v) is 6.35. The number of benzene rings is 2. The number of amides is 2. The molecule has 0 saturated carbocycles. The maximum absolute atomic E-state index is 12.4. The van der Waals surface area contributed by atoms with E-state index in [0.717, 1.165) is 23.4 Å². The second-order valence-electron chi connectivity index (χ2n) is 6.35. The highest BCUT2D eigenvalue weighted by Gasteiger charge is 2.22. The molecule has 0 bridgehead atoms. The lowest BCUT2D eigenvalue weighted by atomic mass is 10.1. The maximum atomic E-state index is 12.4. The van der Waals surface area contributed by atoms with Crippen LogP contribution in [0, 0.1) is 0 Å². The first-order valence-corrected chi connectivity index (χ1v) is 8.60. The summed E-state index contributed by atoms with van der Waals surface area (Å²) >= 11 is 0. The van der Waals surface area contributed by atoms with Gasteiger partial charge in [-0.2, -0.15) is 0 Å². The summed E-state index contributed by atoms with van der Waals surface area (Å²) in [6.07, 6.45) is 0.828. The molecule has 2 amide bonds. The van der Waals surface area contributed by atoms with Crippen molar-refractivity contribution in [1.82, 2.24) is 0 Å². The maximum Gasteiger partial charge on any atom is 0.246 e. The first kappa shape index (κ1) is 17.8. The molecule has 1 aliphatic heterocycles. The van der Waals surface area contributed by atoms with E-state index in [-0.39, 0.29) is 11.8 Å². The second kappa shape index (κ2) is 7.47. The van der Waals surface area contributed by atoms with Crippen LogP contribution in [-0.4, -0.2) is 31.5 Å². The molecule has 2 N–H and O–H groups in total. The summed E-state index contributed by atoms with van der Waals surface area (Å²) in [5, 5.41) is 6.09. The highest BCUT2D eigenvalue weighted by Crippen LogP contribution is 2.30. The van der Waals surface area contributed by atoms with Crippen LogP contribution in [0.4, 0.5) is 17.1 Å². The summed E-state index contributed by atoms with van der Waals surface area (Å²) in [5.74, 6) is 0.608. The Hall–Kier alpha value is -3.02. The van der Waals surface area contributed by atoms with Gasteiger partial charge in [-0.15, -0.1) is 0 Å². The predicted molar refractivity (Wildman–Crippen MR) is 103 cm³/mol. The quantitative estimate of drug-likeness (QED) is 0.867. The van der Waals surface area contributed by atoms with Gasteiger partial charge >= 0.3 is 0 Å². The van der Waals surface area contributed by atoms with Gasteiger partial charge < -0.3 is 20.3 Å². The molecule has 0 aliphatic carbocycles. The number of nitrogens with zero attached hydrogens (tertiary/aromatic N) is 1. The lowest BCUT2D eigenvalue weighted by Crippen LogP contribution is -2.31. The lowest BCUT2D eigenvalue weighted by molar-refractivity contribution is -0.117. The zero-order valence-electron chi connectivity index (χ0n) is 15.2. The number of hydrogen-bond donors (Lipinski definition) is 2. The van der Waals surface area contributed by atoms with Crippen molar-refractivity contribution in [2.75, 3.05) is 29.2 Å². The molecule has 0 spiro atoms. The Bertz CT molecular complexity index is 835. The van der Waals surface area contributed by atoms with Crippen LogP contribution in [0.5, 0.6) is 5.75 Å². The number of methoxy groups -OCH3 is 1. The Morgan fingerprint density at radius 3 is 2.69 bits per heavy atom. The molecule has 0 unspecified atom stereocenters. The summed E-state index contributed by atoms with van der Waals surface area (Å²) in [7, 11) is 1.59. The minimum Gasteiger partial charge on any atom is -0.497 e. The van der Waals surface area contributed by atoms with E-state index in [1.54, 1.807) is 25.0 Å². The standard InChI is InChI=1S/C20H23N3O3/c1-13(20(25)22-16-5-4-6-18(12-16)26-3)21-17-7-8-19-15(11-17)9-10-23(19)14(2)24/h4-8,11-13,21H,9-10H2,1-3H3,(H,22,25)/t13-/m0/s1. The third-order valence-electron chi connectivity index (χ3n) is 4.47. The number of hydrogen-bond acceptors (Lipinski definition) is 4. The highest BCUT2D eigenvalue weighted by atomic mass is 16.5. The highest BCUT2D eigenvalue weighted by molar-refractivity contribution is 5.97. The molecule has 2 aromatic rings. The zero-order chi connectivity index (χ0) is 18.7. The summed E-state index contributed by atoms with van der Waals surface area (Å²) in [4.78, 5) is 25.8. The number of nitrogens with one attached hydrogen (secondary N) is 2. The number of ether oxygens (including phenoxy) is 1. The zero-order valence-corrected chi connectivity index (χ0v) is 15.2. The van der Waals surface area contributed by atoms with E-state index in [2.05, 4.69) is 10.6 Å². The van der Waals surface area contributed by atoms with Crippen molar-refractivity contribution in [2.24, 2.45) is 0 Å². The smallest absolute Gasteiger partial charge is 0.246 e. The first-order valence-electron chi connectivity index (χ1n) is 8.60. The van der Waals surface area contributed by atoms with Gasteiger partial charge in [0.2, 0.25) is 11.8 Å². The average molecular weight is 353 g/mol. The van der Waals surface area contributed by atoms with Crippen LogP contribution in [0.1, 0.15) is 19.4 Å². The summed E-state index contributed by atoms with van der Waals surface area (Å²) in [5.41, 5.74) is 3.62. The van der Waals surface area contributed by atoms with Crippen molar-refractivity contribution in [2.45, 2.75) is 26.3 Å². The minimum atomic E-state index is -0.412. The molecule has 6 heteroatoms. The van der Waals surface area contributed by atoms with Gasteiger partial charge in [0.25, 0.3) is 0 Å². The molecule has 0 radical (unpaired) electrons. The summed E-state index contributed by atoms with van der Waals surface area (Å²) in [6, 6.07) is 12.7. The van der Waals surface area contributed by atoms with Crippen molar-refractivity contribution in [3.05, 3.63) is 48.0 Å². The molecule has 0 fully saturated rings. The number of carbonyl (C=O) groups is 2. The minimum absolute atomic E-state index is 0.0514. The van der Waals surface area contributed by atoms with Gasteiger partial charge in [-0.3, -0.25) is 9.59 Å². The molecule has 0 saturated heterocycles. The van der Waals surface area contributed by atoms with Crippen molar-refractivity contribution in [3.63, 3.8) is 0 Å². The van der Waals surface area contributed by atoms with Crippen LogP contribution in [0.2, 0.25) is 0 Å². The Labute approximate surface area is 153 Å². The fraction of sp³-hybridized carbons (Fsp3) is 0.300. The molecular formula is C20H23N3O3. The van der Waals surface area contributed by atoms with Crippen LogP contribution >= 0.6 is 0 Å². The molecule has 0 aromatic heterocycles. The number of carbonyl (C=O) groups excluding carboxylic acids is 2. The van der Waals surface area contributed by atoms with Crippen molar-refractivity contribution in [3.8, 4) is 5.75 Å². The van der Waals surface area contributed by atoms with Crippen LogP contribution in [0.3, 0.4) is 0 Å². The molecule has 6 nitrogen and oxygen atoms in total.